The van der Waals surface area contributed by atoms with E-state index in [1.807, 2.05) is 0 Å². The highest BCUT2D eigenvalue weighted by atomic mass is 35.5. The molecule has 0 aromatic rings. The second-order valence-electron chi connectivity index (χ2n) is 3.67. The molecule has 0 rings (SSSR count). The summed E-state index contributed by atoms with van der Waals surface area (Å²) in [5.41, 5.74) is 5.30. The molecular formula is C10H18Cl2N2O4. The van der Waals surface area contributed by atoms with E-state index in [9.17, 15) is 9.59 Å². The number of nitrogens with two attached hydrogens (primary N) is 1. The van der Waals surface area contributed by atoms with E-state index in [2.05, 4.69) is 5.32 Å². The minimum Gasteiger partial charge on any atom is -0.480 e. The topological polar surface area (TPSA) is 102 Å². The van der Waals surface area contributed by atoms with Gasteiger partial charge < -0.3 is 20.9 Å². The van der Waals surface area contributed by atoms with E-state index in [-0.39, 0.29) is 12.5 Å². The first-order valence-electron chi connectivity index (χ1n) is 5.57. The van der Waals surface area contributed by atoms with E-state index in [0.29, 0.717) is 25.8 Å². The Morgan fingerprint density at radius 2 is 2.06 bits per heavy atom. The predicted octanol–water partition coefficient (Wildman–Crippen LogP) is 1.14. The zero-order valence-corrected chi connectivity index (χ0v) is 11.4. The molecule has 4 N–H and O–H groups in total. The van der Waals surface area contributed by atoms with Crippen molar-refractivity contribution in [2.45, 2.75) is 30.7 Å². The molecule has 0 aromatic heterocycles. The van der Waals surface area contributed by atoms with Gasteiger partial charge in [0.15, 0.2) is 0 Å². The molecule has 8 heteroatoms. The molecule has 0 aliphatic rings. The Kier molecular flexibility index (Phi) is 9.82. The summed E-state index contributed by atoms with van der Waals surface area (Å²) in [6.45, 7) is 0.423. The molecule has 18 heavy (non-hydrogen) atoms. The van der Waals surface area contributed by atoms with Gasteiger partial charge >= 0.3 is 12.1 Å². The van der Waals surface area contributed by atoms with Gasteiger partial charge in [-0.2, -0.15) is 0 Å². The monoisotopic (exact) mass is 300 g/mol. The number of rotatable bonds is 9. The van der Waals surface area contributed by atoms with Crippen molar-refractivity contribution in [3.05, 3.63) is 0 Å². The average Bonchev–Trinajstić information content (AvgIpc) is 2.34. The molecule has 0 aliphatic heterocycles. The van der Waals surface area contributed by atoms with Gasteiger partial charge in [0, 0.05) is 5.88 Å². The van der Waals surface area contributed by atoms with Gasteiger partial charge in [0.1, 0.15) is 12.6 Å². The van der Waals surface area contributed by atoms with Crippen LogP contribution >= 0.6 is 23.2 Å². The third kappa shape index (κ3) is 8.38. The van der Waals surface area contributed by atoms with Crippen LogP contribution in [-0.4, -0.2) is 47.6 Å². The summed E-state index contributed by atoms with van der Waals surface area (Å²) in [4.78, 5) is 22.2. The zero-order chi connectivity index (χ0) is 14.0. The number of nitrogens with one attached hydrogen (secondary N) is 1. The molecule has 6 nitrogen and oxygen atoms in total. The summed E-state index contributed by atoms with van der Waals surface area (Å²) in [6, 6.07) is -0.978. The number of carboxylic acid groups (broad SMARTS) is 1. The first-order valence-corrected chi connectivity index (χ1v) is 6.54. The number of alkyl halides is 2. The Balaban J connectivity index is 3.99. The molecule has 0 heterocycles. The molecule has 0 saturated heterocycles. The number of alkyl carbamates (subject to hydrolysis) is 1. The predicted molar refractivity (Wildman–Crippen MR) is 69.2 cm³/mol. The summed E-state index contributed by atoms with van der Waals surface area (Å²) in [5.74, 6) is -0.961. The summed E-state index contributed by atoms with van der Waals surface area (Å²) < 4.78 is 4.73. The minimum atomic E-state index is -1.11. The fraction of sp³-hybridized carbons (Fsp3) is 0.800. The van der Waals surface area contributed by atoms with Gasteiger partial charge in [-0.3, -0.25) is 0 Å². The number of amides is 1. The molecular weight excluding hydrogens is 283 g/mol. The number of aliphatic carboxylic acids is 1. The van der Waals surface area contributed by atoms with E-state index in [0.717, 1.165) is 0 Å². The van der Waals surface area contributed by atoms with Gasteiger partial charge in [-0.1, -0.05) is 0 Å². The number of unbranched alkanes of at least 4 members (excludes halogenated alkanes) is 1. The Labute approximate surface area is 116 Å². The lowest BCUT2D eigenvalue weighted by Gasteiger charge is -2.15. The van der Waals surface area contributed by atoms with Crippen LogP contribution < -0.4 is 11.1 Å². The van der Waals surface area contributed by atoms with Crippen molar-refractivity contribution in [2.75, 3.05) is 19.0 Å². The number of hydrogen-bond acceptors (Lipinski definition) is 4. The van der Waals surface area contributed by atoms with E-state index in [4.69, 9.17) is 38.8 Å². The highest BCUT2D eigenvalue weighted by molar-refractivity contribution is 6.28. The lowest BCUT2D eigenvalue weighted by atomic mass is 10.1. The number of hydrogen-bond donors (Lipinski definition) is 3. The maximum atomic E-state index is 11.3. The standard InChI is InChI=1S/C10H18Cl2N2O4/c11-5-7(12)6-18-10(17)14-8(9(15)16)3-1-2-4-13/h7-8H,1-6,13H2,(H,14,17)(H,15,16)/t7?,8-/m0/s1. The van der Waals surface area contributed by atoms with Crippen molar-refractivity contribution >= 4 is 35.3 Å². The van der Waals surface area contributed by atoms with Crippen molar-refractivity contribution < 1.29 is 19.4 Å². The summed E-state index contributed by atoms with van der Waals surface area (Å²) >= 11 is 11.1. The van der Waals surface area contributed by atoms with Gasteiger partial charge in [0.05, 0.1) is 5.38 Å². The average molecular weight is 301 g/mol. The van der Waals surface area contributed by atoms with E-state index >= 15 is 0 Å². The van der Waals surface area contributed by atoms with Crippen LogP contribution in [-0.2, 0) is 9.53 Å². The Hall–Kier alpha value is -0.720. The molecule has 0 fully saturated rings. The van der Waals surface area contributed by atoms with Crippen LogP contribution in [0.5, 0.6) is 0 Å². The Morgan fingerprint density at radius 1 is 1.39 bits per heavy atom. The molecule has 0 saturated carbocycles. The number of carboxylic acids is 1. The minimum absolute atomic E-state index is 0.0635. The maximum Gasteiger partial charge on any atom is 0.407 e. The number of carbonyl (C=O) groups is 2. The van der Waals surface area contributed by atoms with Crippen LogP contribution in [0.4, 0.5) is 4.79 Å². The maximum absolute atomic E-state index is 11.3. The highest BCUT2D eigenvalue weighted by Gasteiger charge is 2.20. The molecule has 1 unspecified atom stereocenters. The number of halogens is 2. The van der Waals surface area contributed by atoms with Gasteiger partial charge in [-0.05, 0) is 25.8 Å². The highest BCUT2D eigenvalue weighted by Crippen LogP contribution is 2.03. The normalized spacial score (nSPS) is 13.7. The van der Waals surface area contributed by atoms with Crippen LogP contribution in [0.15, 0.2) is 0 Å². The summed E-state index contributed by atoms with van der Waals surface area (Å²) in [6.07, 6.45) is 0.816. The third-order valence-corrected chi connectivity index (χ3v) is 2.91. The molecule has 2 atom stereocenters. The van der Waals surface area contributed by atoms with Gasteiger partial charge in [-0.25, -0.2) is 9.59 Å². The second kappa shape index (κ2) is 10.2. The Bertz CT molecular complexity index is 266. The van der Waals surface area contributed by atoms with E-state index in [1.54, 1.807) is 0 Å². The van der Waals surface area contributed by atoms with Gasteiger partial charge in [0.2, 0.25) is 0 Å². The summed E-state index contributed by atoms with van der Waals surface area (Å²) in [7, 11) is 0. The van der Waals surface area contributed by atoms with E-state index < -0.39 is 23.5 Å². The molecule has 0 spiro atoms. The first-order chi connectivity index (χ1) is 8.51. The van der Waals surface area contributed by atoms with Crippen LogP contribution in [0.1, 0.15) is 19.3 Å². The van der Waals surface area contributed by atoms with E-state index in [1.165, 1.54) is 0 Å². The fourth-order valence-corrected chi connectivity index (χ4v) is 1.30. The zero-order valence-electron chi connectivity index (χ0n) is 9.90. The second-order valence-corrected chi connectivity index (χ2v) is 4.60. The lowest BCUT2D eigenvalue weighted by Crippen LogP contribution is -2.41. The van der Waals surface area contributed by atoms with Crippen LogP contribution in [0.25, 0.3) is 0 Å². The molecule has 0 aliphatic carbocycles. The number of carbonyl (C=O) groups excluding carboxylic acids is 1. The third-order valence-electron chi connectivity index (χ3n) is 2.10. The van der Waals surface area contributed by atoms with Crippen molar-refractivity contribution in [1.82, 2.24) is 5.32 Å². The molecule has 1 amide bonds. The molecule has 0 bridgehead atoms. The van der Waals surface area contributed by atoms with Crippen molar-refractivity contribution in [1.29, 1.82) is 0 Å². The van der Waals surface area contributed by atoms with Gasteiger partial charge in [-0.15, -0.1) is 23.2 Å². The van der Waals surface area contributed by atoms with Gasteiger partial charge in [0.25, 0.3) is 0 Å². The van der Waals surface area contributed by atoms with Crippen LogP contribution in [0.2, 0.25) is 0 Å². The molecule has 0 radical (unpaired) electrons. The smallest absolute Gasteiger partial charge is 0.407 e. The SMILES string of the molecule is NCCCC[C@H](NC(=O)OCC(Cl)CCl)C(=O)O. The van der Waals surface area contributed by atoms with Crippen molar-refractivity contribution in [3.63, 3.8) is 0 Å². The molecule has 0 aromatic carbocycles. The van der Waals surface area contributed by atoms with Crippen LogP contribution in [0, 0.1) is 0 Å². The van der Waals surface area contributed by atoms with Crippen molar-refractivity contribution in [3.8, 4) is 0 Å². The largest absolute Gasteiger partial charge is 0.480 e. The Morgan fingerprint density at radius 3 is 2.56 bits per heavy atom. The quantitative estimate of drug-likeness (QED) is 0.438. The lowest BCUT2D eigenvalue weighted by molar-refractivity contribution is -0.139. The fourth-order valence-electron chi connectivity index (χ4n) is 1.14. The molecule has 106 valence electrons. The number of ether oxygens (including phenoxy) is 1. The summed E-state index contributed by atoms with van der Waals surface area (Å²) in [5, 5.41) is 10.7. The van der Waals surface area contributed by atoms with Crippen molar-refractivity contribution in [2.24, 2.45) is 5.73 Å². The first kappa shape index (κ1) is 17.3. The van der Waals surface area contributed by atoms with Crippen LogP contribution in [0.3, 0.4) is 0 Å².